The highest BCUT2D eigenvalue weighted by molar-refractivity contribution is 4.95. The maximum atomic E-state index is 10.6. The van der Waals surface area contributed by atoms with Crippen molar-refractivity contribution in [3.8, 4) is 0 Å². The summed E-state index contributed by atoms with van der Waals surface area (Å²) in [5.41, 5.74) is -0.736. The quantitative estimate of drug-likeness (QED) is 0.141. The van der Waals surface area contributed by atoms with E-state index >= 15 is 0 Å². The van der Waals surface area contributed by atoms with E-state index in [9.17, 15) is 40.9 Å². The monoisotopic (exact) mass is 468 g/mol. The Hall–Kier alpha value is -0.400. The van der Waals surface area contributed by atoms with Crippen molar-refractivity contribution in [2.75, 3.05) is 26.4 Å². The highest BCUT2D eigenvalue weighted by atomic mass is 16.5. The zero-order valence-corrected chi connectivity index (χ0v) is 19.5. The van der Waals surface area contributed by atoms with Gasteiger partial charge in [0.1, 0.15) is 6.10 Å². The molecular weight excluding hydrogens is 424 g/mol. The van der Waals surface area contributed by atoms with E-state index in [4.69, 9.17) is 9.47 Å². The second-order valence-corrected chi connectivity index (χ2v) is 8.93. The van der Waals surface area contributed by atoms with Crippen molar-refractivity contribution in [1.82, 2.24) is 0 Å². The number of rotatable bonds is 15. The fourth-order valence-electron chi connectivity index (χ4n) is 4.62. The lowest BCUT2D eigenvalue weighted by molar-refractivity contribution is -0.227. The topological polar surface area (TPSA) is 180 Å². The van der Waals surface area contributed by atoms with Crippen LogP contribution in [0.15, 0.2) is 0 Å². The Morgan fingerprint density at radius 1 is 0.969 bits per heavy atom. The van der Waals surface area contributed by atoms with Crippen LogP contribution in [0.4, 0.5) is 0 Å². The molecule has 1 rings (SSSR count). The Morgan fingerprint density at radius 2 is 1.59 bits per heavy atom. The number of aliphatic hydroxyl groups is 8. The molecule has 0 aromatic heterocycles. The summed E-state index contributed by atoms with van der Waals surface area (Å²) < 4.78 is 12.1. The number of ether oxygens (including phenoxy) is 2. The van der Waals surface area contributed by atoms with Gasteiger partial charge in [-0.25, -0.2) is 0 Å². The summed E-state index contributed by atoms with van der Waals surface area (Å²) in [6, 6.07) is 0. The first-order chi connectivity index (χ1) is 15.1. The molecule has 0 bridgehead atoms. The second-order valence-electron chi connectivity index (χ2n) is 8.93. The molecule has 1 heterocycles. The first kappa shape index (κ1) is 29.6. The molecule has 1 aliphatic rings. The van der Waals surface area contributed by atoms with Crippen molar-refractivity contribution in [3.05, 3.63) is 0 Å². The van der Waals surface area contributed by atoms with E-state index < -0.39 is 66.8 Å². The normalized spacial score (nSPS) is 30.7. The molecule has 0 saturated carbocycles. The van der Waals surface area contributed by atoms with Gasteiger partial charge in [0, 0.05) is 31.5 Å². The molecule has 0 radical (unpaired) electrons. The van der Waals surface area contributed by atoms with Gasteiger partial charge in [-0.3, -0.25) is 0 Å². The van der Waals surface area contributed by atoms with Crippen LogP contribution >= 0.6 is 0 Å². The van der Waals surface area contributed by atoms with Gasteiger partial charge in [-0.05, 0) is 32.6 Å². The average molecular weight is 469 g/mol. The molecule has 10 heteroatoms. The Bertz CT molecular complexity index is 499. The van der Waals surface area contributed by atoms with Gasteiger partial charge in [0.25, 0.3) is 0 Å². The highest BCUT2D eigenvalue weighted by Gasteiger charge is 2.46. The minimum absolute atomic E-state index is 0.120. The van der Waals surface area contributed by atoms with Gasteiger partial charge in [0.05, 0.1) is 55.4 Å². The van der Waals surface area contributed by atoms with Crippen molar-refractivity contribution in [2.24, 2.45) is 11.8 Å². The van der Waals surface area contributed by atoms with Crippen LogP contribution in [0.3, 0.4) is 0 Å². The lowest BCUT2D eigenvalue weighted by Crippen LogP contribution is -2.57. The second kappa shape index (κ2) is 14.1. The smallest absolute Gasteiger partial charge is 0.106 e. The Balaban J connectivity index is 2.88. The standard InChI is InChI=1S/C22H44O10/c1-4-22(5-2,31-9-7-14(16(27)11-24)19(28)13(3)26)10-17-21(30)20(29)15(6-8-23)18(12-25)32-17/h13-21,23-30H,4-12H2,1-3H3. The summed E-state index contributed by atoms with van der Waals surface area (Å²) in [5, 5.41) is 79.2. The number of aliphatic hydroxyl groups excluding tert-OH is 8. The first-order valence-corrected chi connectivity index (χ1v) is 11.6. The lowest BCUT2D eigenvalue weighted by atomic mass is 9.80. The predicted octanol–water partition coefficient (Wildman–Crippen LogP) is -1.47. The third-order valence-corrected chi connectivity index (χ3v) is 6.97. The van der Waals surface area contributed by atoms with E-state index in [-0.39, 0.29) is 39.1 Å². The van der Waals surface area contributed by atoms with Crippen molar-refractivity contribution >= 4 is 0 Å². The summed E-state index contributed by atoms with van der Waals surface area (Å²) in [4.78, 5) is 0. The summed E-state index contributed by atoms with van der Waals surface area (Å²) in [6.45, 7) is 4.24. The minimum atomic E-state index is -1.23. The molecule has 8 N–H and O–H groups in total. The maximum Gasteiger partial charge on any atom is 0.106 e. The summed E-state index contributed by atoms with van der Waals surface area (Å²) in [5.74, 6) is -1.37. The molecule has 1 aliphatic heterocycles. The van der Waals surface area contributed by atoms with Gasteiger partial charge in [-0.1, -0.05) is 13.8 Å². The Labute approximate surface area is 190 Å². The van der Waals surface area contributed by atoms with Crippen LogP contribution in [0.25, 0.3) is 0 Å². The molecule has 32 heavy (non-hydrogen) atoms. The molecule has 9 unspecified atom stereocenters. The molecular formula is C22H44O10. The Morgan fingerprint density at radius 3 is 2.06 bits per heavy atom. The molecule has 0 aromatic carbocycles. The molecule has 192 valence electrons. The lowest BCUT2D eigenvalue weighted by Gasteiger charge is -2.45. The van der Waals surface area contributed by atoms with Crippen LogP contribution in [-0.4, -0.2) is 116 Å². The van der Waals surface area contributed by atoms with Crippen molar-refractivity contribution < 1.29 is 50.3 Å². The average Bonchev–Trinajstić information content (AvgIpc) is 2.79. The molecule has 0 aliphatic carbocycles. The van der Waals surface area contributed by atoms with Crippen LogP contribution < -0.4 is 0 Å². The summed E-state index contributed by atoms with van der Waals surface area (Å²) >= 11 is 0. The van der Waals surface area contributed by atoms with E-state index in [1.807, 2.05) is 13.8 Å². The SMILES string of the molecule is CCC(CC)(CC1OC(CO)C(CCO)C(O)C1O)OCCC(C(O)CO)C(O)C(C)O. The fraction of sp³-hybridized carbons (Fsp3) is 1.00. The van der Waals surface area contributed by atoms with Gasteiger partial charge >= 0.3 is 0 Å². The molecule has 1 fully saturated rings. The number of hydrogen-bond acceptors (Lipinski definition) is 10. The van der Waals surface area contributed by atoms with Crippen molar-refractivity contribution in [3.63, 3.8) is 0 Å². The molecule has 1 saturated heterocycles. The van der Waals surface area contributed by atoms with Crippen LogP contribution in [0.1, 0.15) is 52.9 Å². The van der Waals surface area contributed by atoms with Crippen molar-refractivity contribution in [1.29, 1.82) is 0 Å². The van der Waals surface area contributed by atoms with E-state index in [0.29, 0.717) is 12.8 Å². The summed E-state index contributed by atoms with van der Waals surface area (Å²) in [6.07, 6.45) is -5.68. The van der Waals surface area contributed by atoms with E-state index in [2.05, 4.69) is 0 Å². The van der Waals surface area contributed by atoms with Gasteiger partial charge < -0.3 is 50.3 Å². The molecule has 0 aromatic rings. The van der Waals surface area contributed by atoms with E-state index in [0.717, 1.165) is 0 Å². The fourth-order valence-corrected chi connectivity index (χ4v) is 4.62. The molecule has 10 nitrogen and oxygen atoms in total. The molecule has 0 spiro atoms. The Kier molecular flexibility index (Phi) is 13.1. The van der Waals surface area contributed by atoms with Crippen molar-refractivity contribution in [2.45, 2.75) is 101 Å². The number of hydrogen-bond donors (Lipinski definition) is 8. The largest absolute Gasteiger partial charge is 0.396 e. The van der Waals surface area contributed by atoms with E-state index in [1.54, 1.807) is 0 Å². The van der Waals surface area contributed by atoms with Crippen LogP contribution in [0, 0.1) is 11.8 Å². The maximum absolute atomic E-state index is 10.6. The molecule has 0 amide bonds. The molecule has 9 atom stereocenters. The minimum Gasteiger partial charge on any atom is -0.396 e. The summed E-state index contributed by atoms with van der Waals surface area (Å²) in [7, 11) is 0. The third kappa shape index (κ3) is 7.56. The van der Waals surface area contributed by atoms with Crippen LogP contribution in [-0.2, 0) is 9.47 Å². The zero-order chi connectivity index (χ0) is 24.5. The highest BCUT2D eigenvalue weighted by Crippen LogP contribution is 2.36. The van der Waals surface area contributed by atoms with Gasteiger partial charge in [0.15, 0.2) is 0 Å². The zero-order valence-electron chi connectivity index (χ0n) is 19.5. The van der Waals surface area contributed by atoms with Crippen LogP contribution in [0.5, 0.6) is 0 Å². The van der Waals surface area contributed by atoms with Gasteiger partial charge in [-0.2, -0.15) is 0 Å². The van der Waals surface area contributed by atoms with Crippen LogP contribution in [0.2, 0.25) is 0 Å². The first-order valence-electron chi connectivity index (χ1n) is 11.6. The van der Waals surface area contributed by atoms with E-state index in [1.165, 1.54) is 6.92 Å². The predicted molar refractivity (Wildman–Crippen MR) is 116 cm³/mol. The third-order valence-electron chi connectivity index (χ3n) is 6.97. The van der Waals surface area contributed by atoms with Gasteiger partial charge in [-0.15, -0.1) is 0 Å². The van der Waals surface area contributed by atoms with Gasteiger partial charge in [0.2, 0.25) is 0 Å².